The fraction of sp³-hybridized carbons (Fsp3) is 0.294. The molecule has 1 aromatic carbocycles. The number of nitrogens with zero attached hydrogens (tertiary/aromatic N) is 6. The van der Waals surface area contributed by atoms with Crippen molar-refractivity contribution in [3.05, 3.63) is 35.2 Å². The first-order chi connectivity index (χ1) is 14.1. The summed E-state index contributed by atoms with van der Waals surface area (Å²) < 4.78 is 16.5. The lowest BCUT2D eigenvalue weighted by Crippen LogP contribution is -2.20. The van der Waals surface area contributed by atoms with Gasteiger partial charge in [-0.15, -0.1) is 5.10 Å². The zero-order valence-corrected chi connectivity index (χ0v) is 16.1. The number of carbonyl (C=O) groups is 1. The first-order valence-electron chi connectivity index (χ1n) is 8.68. The van der Waals surface area contributed by atoms with E-state index >= 15 is 0 Å². The summed E-state index contributed by atoms with van der Waals surface area (Å²) in [7, 11) is 3.06. The number of aromatic nitrogens is 5. The summed E-state index contributed by atoms with van der Waals surface area (Å²) in [5.74, 6) is 0.731. The molecular formula is C17H20N8O4. The van der Waals surface area contributed by atoms with Crippen LogP contribution in [0.3, 0.4) is 0 Å². The van der Waals surface area contributed by atoms with E-state index in [2.05, 4.69) is 35.8 Å². The van der Waals surface area contributed by atoms with E-state index in [1.165, 1.54) is 25.1 Å². The second-order valence-electron chi connectivity index (χ2n) is 5.80. The second kappa shape index (κ2) is 8.82. The monoisotopic (exact) mass is 400 g/mol. The molecule has 3 N–H and O–H groups in total. The molecule has 2 aromatic heterocycles. The van der Waals surface area contributed by atoms with E-state index in [9.17, 15) is 4.79 Å². The summed E-state index contributed by atoms with van der Waals surface area (Å²) in [5.41, 5.74) is 9.40. The van der Waals surface area contributed by atoms with Crippen LogP contribution in [-0.2, 0) is 6.42 Å². The van der Waals surface area contributed by atoms with Crippen LogP contribution in [0.15, 0.2) is 27.9 Å². The highest BCUT2D eigenvalue weighted by Gasteiger charge is 2.23. The van der Waals surface area contributed by atoms with E-state index in [4.69, 9.17) is 15.2 Å². The first kappa shape index (κ1) is 19.8. The van der Waals surface area contributed by atoms with Gasteiger partial charge >= 0.3 is 0 Å². The quantitative estimate of drug-likeness (QED) is 0.415. The van der Waals surface area contributed by atoms with Crippen LogP contribution in [0, 0.1) is 0 Å². The van der Waals surface area contributed by atoms with Crippen molar-refractivity contribution in [2.45, 2.75) is 19.8 Å². The van der Waals surface area contributed by atoms with Crippen LogP contribution in [0.25, 0.3) is 5.82 Å². The fourth-order valence-electron chi connectivity index (χ4n) is 2.67. The van der Waals surface area contributed by atoms with Gasteiger partial charge in [-0.25, -0.2) is 10.1 Å². The molecule has 0 radical (unpaired) electrons. The minimum absolute atomic E-state index is 0.0438. The highest BCUT2D eigenvalue weighted by Crippen LogP contribution is 2.29. The van der Waals surface area contributed by atoms with Crippen molar-refractivity contribution >= 4 is 17.9 Å². The summed E-state index contributed by atoms with van der Waals surface area (Å²) in [4.78, 5) is 12.6. The third-order valence-electron chi connectivity index (χ3n) is 3.96. The smallest absolute Gasteiger partial charge is 0.293 e. The Balaban J connectivity index is 1.82. The van der Waals surface area contributed by atoms with Gasteiger partial charge < -0.3 is 15.2 Å². The maximum atomic E-state index is 12.6. The van der Waals surface area contributed by atoms with Gasteiger partial charge in [-0.2, -0.15) is 9.78 Å². The Hall–Kier alpha value is -3.96. The topological polar surface area (TPSA) is 156 Å². The fourth-order valence-corrected chi connectivity index (χ4v) is 2.67. The molecule has 0 unspecified atom stereocenters. The Morgan fingerprint density at radius 1 is 1.34 bits per heavy atom. The average Bonchev–Trinajstić information content (AvgIpc) is 3.33. The van der Waals surface area contributed by atoms with Gasteiger partial charge in [-0.3, -0.25) is 4.79 Å². The normalized spacial score (nSPS) is 11.0. The number of para-hydroxylation sites is 1. The van der Waals surface area contributed by atoms with Crippen LogP contribution in [-0.4, -0.2) is 51.6 Å². The standard InChI is InChI=1S/C17H20N8O4/c1-4-6-11-13(20-24-25(11)16-15(18)22-29-23-16)17(26)21-19-9-10-7-5-8-12(27-2)14(10)28-3/h5,7-9H,4,6H2,1-3H3,(H2,18,22)(H,21,26). The number of carbonyl (C=O) groups excluding carboxylic acids is 1. The van der Waals surface area contributed by atoms with E-state index < -0.39 is 5.91 Å². The molecule has 0 aliphatic heterocycles. The molecule has 3 rings (SSSR count). The zero-order chi connectivity index (χ0) is 20.8. The molecule has 12 heteroatoms. The van der Waals surface area contributed by atoms with E-state index in [0.29, 0.717) is 29.2 Å². The molecule has 152 valence electrons. The molecule has 3 aromatic rings. The third kappa shape index (κ3) is 4.00. The number of hydrazone groups is 1. The summed E-state index contributed by atoms with van der Waals surface area (Å²) >= 11 is 0. The number of benzene rings is 1. The molecule has 1 amide bonds. The number of amides is 1. The molecule has 0 atom stereocenters. The Kier molecular flexibility index (Phi) is 6.02. The molecule has 0 aliphatic carbocycles. The first-order valence-corrected chi connectivity index (χ1v) is 8.68. The molecule has 29 heavy (non-hydrogen) atoms. The number of nitrogen functional groups attached to an aromatic ring is 1. The number of nitrogens with one attached hydrogen (secondary N) is 1. The minimum atomic E-state index is -0.534. The van der Waals surface area contributed by atoms with Crippen molar-refractivity contribution in [1.82, 2.24) is 30.7 Å². The molecule has 12 nitrogen and oxygen atoms in total. The van der Waals surface area contributed by atoms with Crippen LogP contribution in [0.4, 0.5) is 5.82 Å². The highest BCUT2D eigenvalue weighted by atomic mass is 16.6. The number of hydrogen-bond donors (Lipinski definition) is 2. The van der Waals surface area contributed by atoms with Crippen LogP contribution >= 0.6 is 0 Å². The largest absolute Gasteiger partial charge is 0.493 e. The second-order valence-corrected chi connectivity index (χ2v) is 5.80. The van der Waals surface area contributed by atoms with Crippen molar-refractivity contribution in [2.24, 2.45) is 5.10 Å². The Morgan fingerprint density at radius 2 is 2.17 bits per heavy atom. The van der Waals surface area contributed by atoms with Gasteiger partial charge in [0.1, 0.15) is 0 Å². The number of hydrogen-bond acceptors (Lipinski definition) is 10. The zero-order valence-electron chi connectivity index (χ0n) is 16.1. The van der Waals surface area contributed by atoms with Crippen molar-refractivity contribution in [3.8, 4) is 17.3 Å². The van der Waals surface area contributed by atoms with E-state index in [1.54, 1.807) is 18.2 Å². The minimum Gasteiger partial charge on any atom is -0.493 e. The lowest BCUT2D eigenvalue weighted by Gasteiger charge is -2.09. The third-order valence-corrected chi connectivity index (χ3v) is 3.96. The van der Waals surface area contributed by atoms with Crippen LogP contribution < -0.4 is 20.6 Å². The molecule has 2 heterocycles. The number of rotatable bonds is 8. The molecule has 0 saturated heterocycles. The van der Waals surface area contributed by atoms with E-state index in [0.717, 1.165) is 6.42 Å². The molecule has 0 bridgehead atoms. The highest BCUT2D eigenvalue weighted by molar-refractivity contribution is 5.94. The van der Waals surface area contributed by atoms with E-state index in [1.807, 2.05) is 6.92 Å². The average molecular weight is 400 g/mol. The van der Waals surface area contributed by atoms with Gasteiger partial charge in [-0.1, -0.05) is 24.6 Å². The van der Waals surface area contributed by atoms with Crippen LogP contribution in [0.1, 0.15) is 35.1 Å². The maximum Gasteiger partial charge on any atom is 0.293 e. The molecule has 0 saturated carbocycles. The predicted molar refractivity (Wildman–Crippen MR) is 102 cm³/mol. The Morgan fingerprint density at radius 3 is 2.83 bits per heavy atom. The Labute approximate surface area is 165 Å². The predicted octanol–water partition coefficient (Wildman–Crippen LogP) is 0.966. The van der Waals surface area contributed by atoms with Gasteiger partial charge in [0.05, 0.1) is 26.1 Å². The summed E-state index contributed by atoms with van der Waals surface area (Å²) in [6.45, 7) is 1.96. The van der Waals surface area contributed by atoms with Crippen LogP contribution in [0.2, 0.25) is 0 Å². The molecule has 0 fully saturated rings. The lowest BCUT2D eigenvalue weighted by molar-refractivity contribution is 0.0949. The number of nitrogens with two attached hydrogens (primary N) is 1. The van der Waals surface area contributed by atoms with Gasteiger partial charge in [0.25, 0.3) is 5.91 Å². The van der Waals surface area contributed by atoms with Crippen LogP contribution in [0.5, 0.6) is 11.5 Å². The molecule has 0 aliphatic rings. The van der Waals surface area contributed by atoms with Crippen molar-refractivity contribution in [1.29, 1.82) is 0 Å². The Bertz CT molecular complexity index is 1030. The number of anilines is 1. The molecular weight excluding hydrogens is 380 g/mol. The maximum absolute atomic E-state index is 12.6. The van der Waals surface area contributed by atoms with Gasteiger partial charge in [0.2, 0.25) is 11.6 Å². The number of methoxy groups -OCH3 is 2. The molecule has 0 spiro atoms. The van der Waals surface area contributed by atoms with E-state index in [-0.39, 0.29) is 17.3 Å². The van der Waals surface area contributed by atoms with Crippen molar-refractivity contribution in [3.63, 3.8) is 0 Å². The van der Waals surface area contributed by atoms with Gasteiger partial charge in [-0.05, 0) is 28.9 Å². The SMILES string of the molecule is CCCc1c(C(=O)NN=Cc2cccc(OC)c2OC)nnn1-c1nonc1N. The van der Waals surface area contributed by atoms with Crippen molar-refractivity contribution < 1.29 is 18.9 Å². The van der Waals surface area contributed by atoms with Gasteiger partial charge in [0, 0.05) is 5.56 Å². The number of ether oxygens (including phenoxy) is 2. The van der Waals surface area contributed by atoms with Gasteiger partial charge in [0.15, 0.2) is 17.2 Å². The summed E-state index contributed by atoms with van der Waals surface area (Å²) in [6, 6.07) is 5.32. The summed E-state index contributed by atoms with van der Waals surface area (Å²) in [6.07, 6.45) is 2.70. The summed E-state index contributed by atoms with van der Waals surface area (Å²) in [5, 5.41) is 19.1. The lowest BCUT2D eigenvalue weighted by atomic mass is 10.2. The van der Waals surface area contributed by atoms with Crippen molar-refractivity contribution in [2.75, 3.05) is 20.0 Å².